The van der Waals surface area contributed by atoms with Gasteiger partial charge in [0, 0.05) is 4.47 Å². The standard InChI is InChI=1S/C13H15BrCl2N4/c1-3-8(17)13-9(4-2)20(19-18-13)10-6-5-7(14)11(15)12(10)16/h5-6,8H,3-4,17H2,1-2H3. The predicted molar refractivity (Wildman–Crippen MR) is 85.7 cm³/mol. The van der Waals surface area contributed by atoms with Crippen LogP contribution in [0.25, 0.3) is 5.69 Å². The summed E-state index contributed by atoms with van der Waals surface area (Å²) in [6, 6.07) is 3.57. The van der Waals surface area contributed by atoms with Gasteiger partial charge in [-0.15, -0.1) is 5.10 Å². The molecule has 0 saturated carbocycles. The van der Waals surface area contributed by atoms with E-state index < -0.39 is 0 Å². The van der Waals surface area contributed by atoms with Gasteiger partial charge in [-0.2, -0.15) is 0 Å². The molecule has 1 heterocycles. The minimum Gasteiger partial charge on any atom is -0.323 e. The molecule has 1 aromatic heterocycles. The lowest BCUT2D eigenvalue weighted by Gasteiger charge is -2.11. The Morgan fingerprint density at radius 2 is 2.00 bits per heavy atom. The molecule has 20 heavy (non-hydrogen) atoms. The fraction of sp³-hybridized carbons (Fsp3) is 0.385. The second-order valence-electron chi connectivity index (χ2n) is 4.40. The molecule has 0 aliphatic heterocycles. The SMILES string of the molecule is CCc1c(C(N)CC)nnn1-c1ccc(Br)c(Cl)c1Cl. The van der Waals surface area contributed by atoms with Crippen molar-refractivity contribution in [1.29, 1.82) is 0 Å². The number of hydrogen-bond donors (Lipinski definition) is 1. The van der Waals surface area contributed by atoms with Crippen molar-refractivity contribution < 1.29 is 0 Å². The van der Waals surface area contributed by atoms with Gasteiger partial charge in [0.2, 0.25) is 0 Å². The van der Waals surface area contributed by atoms with Crippen LogP contribution in [0.15, 0.2) is 16.6 Å². The van der Waals surface area contributed by atoms with Crippen molar-refractivity contribution >= 4 is 39.1 Å². The Morgan fingerprint density at radius 1 is 1.30 bits per heavy atom. The van der Waals surface area contributed by atoms with E-state index in [9.17, 15) is 0 Å². The van der Waals surface area contributed by atoms with E-state index in [1.54, 1.807) is 4.68 Å². The third-order valence-corrected chi connectivity index (χ3v) is 4.92. The third kappa shape index (κ3) is 2.72. The molecular weight excluding hydrogens is 363 g/mol. The van der Waals surface area contributed by atoms with Crippen LogP contribution in [0.1, 0.15) is 37.7 Å². The maximum atomic E-state index is 6.30. The Hall–Kier alpha value is -0.620. The first-order chi connectivity index (χ1) is 9.51. The summed E-state index contributed by atoms with van der Waals surface area (Å²) in [7, 11) is 0. The fourth-order valence-corrected chi connectivity index (χ4v) is 2.85. The van der Waals surface area contributed by atoms with E-state index >= 15 is 0 Å². The molecule has 2 aromatic rings. The van der Waals surface area contributed by atoms with Crippen LogP contribution in [-0.2, 0) is 6.42 Å². The Balaban J connectivity index is 2.59. The summed E-state index contributed by atoms with van der Waals surface area (Å²) in [6.07, 6.45) is 1.57. The number of hydrogen-bond acceptors (Lipinski definition) is 3. The molecule has 0 aliphatic carbocycles. The van der Waals surface area contributed by atoms with Crippen LogP contribution in [0.4, 0.5) is 0 Å². The largest absolute Gasteiger partial charge is 0.323 e. The van der Waals surface area contributed by atoms with Crippen LogP contribution < -0.4 is 5.73 Å². The molecule has 0 bridgehead atoms. The molecule has 0 fully saturated rings. The van der Waals surface area contributed by atoms with Crippen LogP contribution in [0, 0.1) is 0 Å². The molecule has 4 nitrogen and oxygen atoms in total. The van der Waals surface area contributed by atoms with Gasteiger partial charge in [-0.25, -0.2) is 4.68 Å². The Morgan fingerprint density at radius 3 is 2.60 bits per heavy atom. The molecule has 2 rings (SSSR count). The van der Waals surface area contributed by atoms with Crippen molar-refractivity contribution in [3.05, 3.63) is 38.0 Å². The number of nitrogens with zero attached hydrogens (tertiary/aromatic N) is 3. The zero-order valence-electron chi connectivity index (χ0n) is 11.2. The molecular formula is C13H15BrCl2N4. The summed E-state index contributed by atoms with van der Waals surface area (Å²) in [5.41, 5.74) is 8.55. The minimum atomic E-state index is -0.122. The quantitative estimate of drug-likeness (QED) is 0.807. The summed E-state index contributed by atoms with van der Waals surface area (Å²) < 4.78 is 2.46. The van der Waals surface area contributed by atoms with Crippen LogP contribution >= 0.6 is 39.1 Å². The lowest BCUT2D eigenvalue weighted by molar-refractivity contribution is 0.665. The summed E-state index contributed by atoms with van der Waals surface area (Å²) in [5.74, 6) is 0. The molecule has 2 N–H and O–H groups in total. The van der Waals surface area contributed by atoms with E-state index in [-0.39, 0.29) is 6.04 Å². The molecule has 108 valence electrons. The summed E-state index contributed by atoms with van der Waals surface area (Å²) >= 11 is 15.8. The van der Waals surface area contributed by atoms with Crippen LogP contribution in [-0.4, -0.2) is 15.0 Å². The lowest BCUT2D eigenvalue weighted by atomic mass is 10.1. The van der Waals surface area contributed by atoms with Crippen molar-refractivity contribution in [2.24, 2.45) is 5.73 Å². The van der Waals surface area contributed by atoms with E-state index in [0.29, 0.717) is 15.7 Å². The van der Waals surface area contributed by atoms with Gasteiger partial charge < -0.3 is 5.73 Å². The average Bonchev–Trinajstić information content (AvgIpc) is 2.87. The molecule has 1 aromatic carbocycles. The van der Waals surface area contributed by atoms with Crippen molar-refractivity contribution in [1.82, 2.24) is 15.0 Å². The van der Waals surface area contributed by atoms with Crippen molar-refractivity contribution in [2.75, 3.05) is 0 Å². The Labute approximate surface area is 136 Å². The normalized spacial score (nSPS) is 12.7. The highest BCUT2D eigenvalue weighted by Gasteiger charge is 2.20. The molecule has 1 unspecified atom stereocenters. The Bertz CT molecular complexity index is 627. The molecule has 1 atom stereocenters. The van der Waals surface area contributed by atoms with Crippen molar-refractivity contribution in [2.45, 2.75) is 32.7 Å². The van der Waals surface area contributed by atoms with E-state index in [1.165, 1.54) is 0 Å². The fourth-order valence-electron chi connectivity index (χ4n) is 2.00. The second-order valence-corrected chi connectivity index (χ2v) is 6.01. The van der Waals surface area contributed by atoms with Gasteiger partial charge >= 0.3 is 0 Å². The monoisotopic (exact) mass is 376 g/mol. The topological polar surface area (TPSA) is 56.7 Å². The lowest BCUT2D eigenvalue weighted by Crippen LogP contribution is -2.12. The maximum Gasteiger partial charge on any atom is 0.103 e. The first-order valence-electron chi connectivity index (χ1n) is 6.35. The Kier molecular flexibility index (Phi) is 5.07. The smallest absolute Gasteiger partial charge is 0.103 e. The van der Waals surface area contributed by atoms with Gasteiger partial charge in [0.05, 0.1) is 27.5 Å². The number of halogens is 3. The van der Waals surface area contributed by atoms with E-state index in [1.807, 2.05) is 26.0 Å². The average molecular weight is 378 g/mol. The van der Waals surface area contributed by atoms with Gasteiger partial charge in [0.1, 0.15) is 5.69 Å². The first-order valence-corrected chi connectivity index (χ1v) is 7.90. The summed E-state index contributed by atoms with van der Waals surface area (Å²) in [4.78, 5) is 0. The summed E-state index contributed by atoms with van der Waals surface area (Å²) in [5, 5.41) is 9.29. The first kappa shape index (κ1) is 15.8. The zero-order valence-corrected chi connectivity index (χ0v) is 14.3. The van der Waals surface area contributed by atoms with Crippen molar-refractivity contribution in [3.63, 3.8) is 0 Å². The number of rotatable bonds is 4. The molecule has 7 heteroatoms. The van der Waals surface area contributed by atoms with E-state index in [0.717, 1.165) is 28.7 Å². The van der Waals surface area contributed by atoms with Gasteiger partial charge in [0.15, 0.2) is 0 Å². The van der Waals surface area contributed by atoms with Gasteiger partial charge in [-0.3, -0.25) is 0 Å². The predicted octanol–water partition coefficient (Wildman–Crippen LogP) is 4.31. The van der Waals surface area contributed by atoms with Crippen LogP contribution in [0.3, 0.4) is 0 Å². The third-order valence-electron chi connectivity index (χ3n) is 3.16. The maximum absolute atomic E-state index is 6.30. The van der Waals surface area contributed by atoms with Gasteiger partial charge in [-0.05, 0) is 40.9 Å². The summed E-state index contributed by atoms with van der Waals surface area (Å²) in [6.45, 7) is 4.06. The molecule has 0 spiro atoms. The van der Waals surface area contributed by atoms with Gasteiger partial charge in [0.25, 0.3) is 0 Å². The van der Waals surface area contributed by atoms with Crippen LogP contribution in [0.2, 0.25) is 10.0 Å². The van der Waals surface area contributed by atoms with Crippen LogP contribution in [0.5, 0.6) is 0 Å². The number of aromatic nitrogens is 3. The highest BCUT2D eigenvalue weighted by atomic mass is 79.9. The van der Waals surface area contributed by atoms with Gasteiger partial charge in [-0.1, -0.05) is 42.3 Å². The second kappa shape index (κ2) is 6.43. The molecule has 0 aliphatic rings. The van der Waals surface area contributed by atoms with Crippen molar-refractivity contribution in [3.8, 4) is 5.69 Å². The highest BCUT2D eigenvalue weighted by molar-refractivity contribution is 9.10. The minimum absolute atomic E-state index is 0.122. The molecule has 0 saturated heterocycles. The number of nitrogens with two attached hydrogens (primary N) is 1. The number of benzene rings is 1. The molecule has 0 amide bonds. The van der Waals surface area contributed by atoms with E-state index in [2.05, 4.69) is 26.2 Å². The molecule has 0 radical (unpaired) electrons. The highest BCUT2D eigenvalue weighted by Crippen LogP contribution is 2.35. The zero-order chi connectivity index (χ0) is 14.9. The van der Waals surface area contributed by atoms with E-state index in [4.69, 9.17) is 28.9 Å².